The van der Waals surface area contributed by atoms with E-state index in [-0.39, 0.29) is 18.4 Å². The summed E-state index contributed by atoms with van der Waals surface area (Å²) in [6.07, 6.45) is -8.96. The minimum absolute atomic E-state index is 0.129. The molecule has 3 aliphatic rings. The first kappa shape index (κ1) is 45.6. The number of esters is 7. The monoisotopic (exact) mass is 811 g/mol. The molecule has 0 aromatic heterocycles. The summed E-state index contributed by atoms with van der Waals surface area (Å²) < 4.78 is 42.4. The van der Waals surface area contributed by atoms with Gasteiger partial charge < -0.3 is 33.2 Å². The molecule has 0 amide bonds. The third kappa shape index (κ3) is 9.29. The summed E-state index contributed by atoms with van der Waals surface area (Å²) in [7, 11) is 3.44. The van der Waals surface area contributed by atoms with E-state index in [1.165, 1.54) is 41.5 Å². The lowest BCUT2D eigenvalue weighted by molar-refractivity contribution is -0.231. The first-order valence-electron chi connectivity index (χ1n) is 19.3. The van der Waals surface area contributed by atoms with Gasteiger partial charge in [0.2, 0.25) is 6.10 Å². The number of likely N-dealkylation sites (N-methyl/N-ethyl adjacent to an activating group) is 1. The first-order chi connectivity index (χ1) is 26.9. The Kier molecular flexibility index (Phi) is 14.0. The second-order valence-electron chi connectivity index (χ2n) is 16.4. The zero-order valence-electron chi connectivity index (χ0n) is 35.4. The first-order valence-corrected chi connectivity index (χ1v) is 19.3. The van der Waals surface area contributed by atoms with E-state index in [9.17, 15) is 33.6 Å². The predicted molar refractivity (Wildman–Crippen MR) is 206 cm³/mol. The Morgan fingerprint density at radius 1 is 0.707 bits per heavy atom. The van der Waals surface area contributed by atoms with Crippen molar-refractivity contribution in [1.82, 2.24) is 4.90 Å². The quantitative estimate of drug-likeness (QED) is 0.169. The average molecular weight is 812 g/mol. The smallest absolute Gasteiger partial charge is 0.350 e. The number of hydrogen-bond acceptors (Lipinski definition) is 15. The van der Waals surface area contributed by atoms with Crippen LogP contribution in [0.2, 0.25) is 0 Å². The van der Waals surface area contributed by atoms with Gasteiger partial charge in [-0.2, -0.15) is 0 Å². The topological polar surface area (TPSA) is 187 Å². The minimum Gasteiger partial charge on any atom is -0.462 e. The van der Waals surface area contributed by atoms with Gasteiger partial charge in [-0.05, 0) is 55.1 Å². The highest BCUT2D eigenvalue weighted by molar-refractivity contribution is 5.80. The van der Waals surface area contributed by atoms with Gasteiger partial charge in [-0.25, -0.2) is 4.79 Å². The van der Waals surface area contributed by atoms with Crippen LogP contribution in [0.25, 0.3) is 0 Å². The standard InChI is InChI=1S/C43H57NO14/c1-21-31(52-23(3)45)19-30-37(54-25(5)47)35-22(2)32(58-41(51)39(56-27(7)49)36(44(12)13)29-17-15-14-16-18-29)20-33(53-24(4)46)43(35,11)40(57-28(8)50)38(55-26(6)48)34(21)42(30,9)10/h14-18,30-33,35-40H,2,19-20H2,1,3-13H3. The Balaban J connectivity index is 2.04. The van der Waals surface area contributed by atoms with E-state index in [0.717, 1.165) is 0 Å². The summed E-state index contributed by atoms with van der Waals surface area (Å²) in [5.41, 5.74) is -0.760. The molecule has 1 aromatic carbocycles. The highest BCUT2D eigenvalue weighted by Gasteiger charge is 2.68. The van der Waals surface area contributed by atoms with Crippen LogP contribution in [0.1, 0.15) is 93.7 Å². The summed E-state index contributed by atoms with van der Waals surface area (Å²) in [5.74, 6) is -7.06. The Morgan fingerprint density at radius 3 is 1.76 bits per heavy atom. The Morgan fingerprint density at radius 2 is 1.26 bits per heavy atom. The molecule has 0 saturated heterocycles. The molecule has 0 N–H and O–H groups in total. The molecule has 15 nitrogen and oxygen atoms in total. The van der Waals surface area contributed by atoms with Crippen molar-refractivity contribution in [2.45, 2.75) is 131 Å². The Labute approximate surface area is 339 Å². The number of rotatable bonds is 11. The summed E-state index contributed by atoms with van der Waals surface area (Å²) >= 11 is 0. The maximum Gasteiger partial charge on any atom is 0.350 e. The molecule has 1 aromatic rings. The van der Waals surface area contributed by atoms with Crippen molar-refractivity contribution in [1.29, 1.82) is 0 Å². The third-order valence-corrected chi connectivity index (χ3v) is 11.8. The van der Waals surface area contributed by atoms with Crippen LogP contribution >= 0.6 is 0 Å². The molecule has 2 fully saturated rings. The maximum atomic E-state index is 14.5. The van der Waals surface area contributed by atoms with Gasteiger partial charge in [0.15, 0.2) is 12.2 Å². The van der Waals surface area contributed by atoms with Crippen molar-refractivity contribution in [3.8, 4) is 0 Å². The predicted octanol–water partition coefficient (Wildman–Crippen LogP) is 4.75. The van der Waals surface area contributed by atoms with Crippen molar-refractivity contribution in [2.75, 3.05) is 14.1 Å². The molecule has 0 aliphatic heterocycles. The van der Waals surface area contributed by atoms with Gasteiger partial charge in [0.25, 0.3) is 0 Å². The lowest BCUT2D eigenvalue weighted by Gasteiger charge is -2.61. The summed E-state index contributed by atoms with van der Waals surface area (Å²) in [6.45, 7) is 18.8. The maximum absolute atomic E-state index is 14.5. The van der Waals surface area contributed by atoms with Crippen LogP contribution in [0, 0.1) is 22.7 Å². The zero-order chi connectivity index (χ0) is 43.6. The van der Waals surface area contributed by atoms with Crippen LogP contribution in [0.15, 0.2) is 53.6 Å². The second-order valence-corrected chi connectivity index (χ2v) is 16.4. The normalized spacial score (nSPS) is 29.9. The summed E-state index contributed by atoms with van der Waals surface area (Å²) in [6, 6.07) is 8.13. The van der Waals surface area contributed by atoms with Crippen molar-refractivity contribution in [3.63, 3.8) is 0 Å². The van der Waals surface area contributed by atoms with Gasteiger partial charge in [0.05, 0.1) is 11.5 Å². The molecule has 0 spiro atoms. The largest absolute Gasteiger partial charge is 0.462 e. The van der Waals surface area contributed by atoms with E-state index >= 15 is 0 Å². The summed E-state index contributed by atoms with van der Waals surface area (Å²) in [4.78, 5) is 93.7. The van der Waals surface area contributed by atoms with Gasteiger partial charge >= 0.3 is 41.8 Å². The van der Waals surface area contributed by atoms with E-state index in [2.05, 4.69) is 6.58 Å². The van der Waals surface area contributed by atoms with Gasteiger partial charge in [-0.15, -0.1) is 0 Å². The molecule has 0 radical (unpaired) electrons. The number of hydrogen-bond donors (Lipinski definition) is 0. The number of carbonyl (C=O) groups is 7. The van der Waals surface area contributed by atoms with Gasteiger partial charge in [0.1, 0.15) is 24.4 Å². The van der Waals surface area contributed by atoms with Crippen LogP contribution in [-0.2, 0) is 66.7 Å². The molecule has 3 aliphatic carbocycles. The fourth-order valence-corrected chi connectivity index (χ4v) is 9.62. The van der Waals surface area contributed by atoms with Crippen LogP contribution in [0.5, 0.6) is 0 Å². The SMILES string of the molecule is C=C1C(OC(=O)C(OC(C)=O)C(c2ccccc2)N(C)C)CC(OC(C)=O)C2(C)C(OC(C)=O)C(OC(C)=O)C3=C(C)C(OC(C)=O)CC(C(OC(C)=O)C12)C3(C)C. The number of nitrogens with zero attached hydrogens (tertiary/aromatic N) is 1. The molecule has 58 heavy (non-hydrogen) atoms. The second kappa shape index (κ2) is 17.8. The van der Waals surface area contributed by atoms with Crippen LogP contribution in [0.3, 0.4) is 0 Å². The number of fused-ring (bicyclic) bond motifs is 3. The molecule has 4 rings (SSSR count). The van der Waals surface area contributed by atoms with Crippen LogP contribution < -0.4 is 0 Å². The Bertz CT molecular complexity index is 1830. The van der Waals surface area contributed by atoms with E-state index < -0.39 is 113 Å². The van der Waals surface area contributed by atoms with Gasteiger partial charge in [0, 0.05) is 59.8 Å². The third-order valence-electron chi connectivity index (χ3n) is 11.8. The molecular weight excluding hydrogens is 754 g/mol. The van der Waals surface area contributed by atoms with E-state index in [4.69, 9.17) is 33.2 Å². The van der Waals surface area contributed by atoms with E-state index in [0.29, 0.717) is 16.7 Å². The van der Waals surface area contributed by atoms with Crippen LogP contribution in [-0.4, -0.2) is 104 Å². The van der Waals surface area contributed by atoms with E-state index in [1.807, 2.05) is 13.8 Å². The van der Waals surface area contributed by atoms with Gasteiger partial charge in [-0.3, -0.25) is 33.7 Å². The number of carbonyl (C=O) groups excluding carboxylic acids is 7. The Hall–Kier alpha value is -5.05. The zero-order valence-corrected chi connectivity index (χ0v) is 35.4. The van der Waals surface area contributed by atoms with Crippen LogP contribution in [0.4, 0.5) is 0 Å². The lowest BCUT2D eigenvalue weighted by atomic mass is 9.48. The van der Waals surface area contributed by atoms with Crippen molar-refractivity contribution >= 4 is 41.8 Å². The highest BCUT2D eigenvalue weighted by atomic mass is 16.6. The average Bonchev–Trinajstić information content (AvgIpc) is 3.08. The summed E-state index contributed by atoms with van der Waals surface area (Å²) in [5, 5.41) is 0. The van der Waals surface area contributed by atoms with Crippen molar-refractivity contribution < 1.29 is 66.7 Å². The van der Waals surface area contributed by atoms with Crippen molar-refractivity contribution in [2.24, 2.45) is 22.7 Å². The number of benzene rings is 1. The molecular formula is C43H57NO14. The fraction of sp³-hybridized carbons (Fsp3) is 0.605. The van der Waals surface area contributed by atoms with E-state index in [1.54, 1.807) is 63.2 Å². The molecule has 0 heterocycles. The molecule has 2 bridgehead atoms. The van der Waals surface area contributed by atoms with Crippen molar-refractivity contribution in [3.05, 3.63) is 59.2 Å². The molecule has 2 saturated carbocycles. The molecule has 318 valence electrons. The molecule has 11 atom stereocenters. The highest BCUT2D eigenvalue weighted by Crippen LogP contribution is 2.62. The number of ether oxygens (including phenoxy) is 7. The molecule has 15 heteroatoms. The lowest BCUT2D eigenvalue weighted by Crippen LogP contribution is -2.68. The van der Waals surface area contributed by atoms with Gasteiger partial charge in [-0.1, -0.05) is 57.7 Å². The molecule has 11 unspecified atom stereocenters. The minimum atomic E-state index is -1.60. The fourth-order valence-electron chi connectivity index (χ4n) is 9.62.